The third-order valence-electron chi connectivity index (χ3n) is 5.47. The standard InChI is InChI=1S/C24H30N6O2.HI/c1-31-21-7-5-20(6-8-21)9-13-27-24(28-14-10-22-4-2-19-32-22)30-17-15-29(16-18-30)23-25-11-3-12-26-23;/h2-8,11-12,19H,9-10,13-18H2,1H3,(H,27,28);1H. The Labute approximate surface area is 212 Å². The molecule has 0 radical (unpaired) electrons. The quantitative estimate of drug-likeness (QED) is 0.257. The molecule has 0 amide bonds. The molecule has 1 aliphatic rings. The van der Waals surface area contributed by atoms with E-state index < -0.39 is 0 Å². The Hall–Kier alpha value is -2.82. The van der Waals surface area contributed by atoms with Crippen molar-refractivity contribution in [3.63, 3.8) is 0 Å². The molecule has 0 atom stereocenters. The molecule has 1 N–H and O–H groups in total. The van der Waals surface area contributed by atoms with Crippen LogP contribution in [-0.4, -0.2) is 67.2 Å². The lowest BCUT2D eigenvalue weighted by atomic mass is 10.1. The first-order chi connectivity index (χ1) is 15.8. The predicted molar refractivity (Wildman–Crippen MR) is 141 cm³/mol. The van der Waals surface area contributed by atoms with E-state index in [2.05, 4.69) is 37.2 Å². The van der Waals surface area contributed by atoms with E-state index in [4.69, 9.17) is 14.1 Å². The molecule has 3 heterocycles. The summed E-state index contributed by atoms with van der Waals surface area (Å²) in [5.74, 6) is 3.56. The highest BCUT2D eigenvalue weighted by Gasteiger charge is 2.21. The lowest BCUT2D eigenvalue weighted by Crippen LogP contribution is -2.53. The molecule has 3 aromatic rings. The second kappa shape index (κ2) is 13.0. The average molecular weight is 562 g/mol. The van der Waals surface area contributed by atoms with E-state index in [0.717, 1.165) is 69.0 Å². The number of aliphatic imine (C=N–C) groups is 1. The number of hydrogen-bond donors (Lipinski definition) is 1. The number of methoxy groups -OCH3 is 1. The summed E-state index contributed by atoms with van der Waals surface area (Å²) < 4.78 is 10.7. The molecule has 0 unspecified atom stereocenters. The number of nitrogens with zero attached hydrogens (tertiary/aromatic N) is 5. The van der Waals surface area contributed by atoms with Crippen LogP contribution in [0, 0.1) is 0 Å². The Kier molecular flexibility index (Phi) is 9.79. The Bertz CT molecular complexity index is 958. The number of aromatic nitrogens is 2. The molecule has 2 aromatic heterocycles. The van der Waals surface area contributed by atoms with Crippen molar-refractivity contribution in [3.05, 3.63) is 72.4 Å². The number of piperazine rings is 1. The molecule has 1 aromatic carbocycles. The third-order valence-corrected chi connectivity index (χ3v) is 5.47. The summed E-state index contributed by atoms with van der Waals surface area (Å²) in [6, 6.07) is 14.0. The minimum atomic E-state index is 0. The van der Waals surface area contributed by atoms with Crippen molar-refractivity contribution in [2.75, 3.05) is 51.3 Å². The third kappa shape index (κ3) is 7.34. The zero-order chi connectivity index (χ0) is 22.0. The van der Waals surface area contributed by atoms with Crippen LogP contribution in [0.15, 0.2) is 70.5 Å². The Balaban J connectivity index is 0.00000306. The van der Waals surface area contributed by atoms with Crippen molar-refractivity contribution in [1.29, 1.82) is 0 Å². The summed E-state index contributed by atoms with van der Waals surface area (Å²) in [6.07, 6.45) is 6.99. The van der Waals surface area contributed by atoms with E-state index in [1.807, 2.05) is 30.3 Å². The average Bonchev–Trinajstić information content (AvgIpc) is 3.38. The second-order valence-corrected chi connectivity index (χ2v) is 7.58. The van der Waals surface area contributed by atoms with Crippen LogP contribution < -0.4 is 15.0 Å². The summed E-state index contributed by atoms with van der Waals surface area (Å²) in [5.41, 5.74) is 1.26. The van der Waals surface area contributed by atoms with Gasteiger partial charge in [-0.05, 0) is 42.3 Å². The van der Waals surface area contributed by atoms with Crippen molar-refractivity contribution >= 4 is 35.9 Å². The number of hydrogen-bond acceptors (Lipinski definition) is 6. The first-order valence-electron chi connectivity index (χ1n) is 11.0. The van der Waals surface area contributed by atoms with Gasteiger partial charge in [0.2, 0.25) is 5.95 Å². The van der Waals surface area contributed by atoms with Gasteiger partial charge in [0.05, 0.1) is 13.4 Å². The van der Waals surface area contributed by atoms with Gasteiger partial charge < -0.3 is 24.3 Å². The summed E-state index contributed by atoms with van der Waals surface area (Å²) in [4.78, 5) is 18.2. The number of nitrogens with one attached hydrogen (secondary N) is 1. The van der Waals surface area contributed by atoms with Gasteiger partial charge in [0.1, 0.15) is 11.5 Å². The van der Waals surface area contributed by atoms with Crippen LogP contribution in [0.5, 0.6) is 5.75 Å². The Morgan fingerprint density at radius 3 is 2.45 bits per heavy atom. The van der Waals surface area contributed by atoms with Gasteiger partial charge in [-0.25, -0.2) is 9.97 Å². The molecule has 1 saturated heterocycles. The van der Waals surface area contributed by atoms with Gasteiger partial charge >= 0.3 is 0 Å². The topological polar surface area (TPSA) is 79.0 Å². The normalized spacial score (nSPS) is 14.0. The molecule has 0 aliphatic carbocycles. The molecule has 9 heteroatoms. The van der Waals surface area contributed by atoms with Crippen LogP contribution in [0.4, 0.5) is 5.95 Å². The number of ether oxygens (including phenoxy) is 1. The van der Waals surface area contributed by atoms with Crippen molar-refractivity contribution in [3.8, 4) is 5.75 Å². The molecular weight excluding hydrogens is 531 g/mol. The summed E-state index contributed by atoms with van der Waals surface area (Å²) in [6.45, 7) is 4.96. The van der Waals surface area contributed by atoms with Gasteiger partial charge in [0.25, 0.3) is 0 Å². The van der Waals surface area contributed by atoms with Crippen LogP contribution in [0.25, 0.3) is 0 Å². The zero-order valence-electron chi connectivity index (χ0n) is 18.9. The molecule has 4 rings (SSSR count). The maximum Gasteiger partial charge on any atom is 0.225 e. The molecule has 1 aliphatic heterocycles. The maximum atomic E-state index is 5.45. The lowest BCUT2D eigenvalue weighted by Gasteiger charge is -2.36. The largest absolute Gasteiger partial charge is 0.497 e. The SMILES string of the molecule is COc1ccc(CCNC(=NCCc2ccco2)N2CCN(c3ncccn3)CC2)cc1.I. The van der Waals surface area contributed by atoms with Crippen molar-refractivity contribution < 1.29 is 9.15 Å². The highest BCUT2D eigenvalue weighted by molar-refractivity contribution is 14.0. The smallest absolute Gasteiger partial charge is 0.225 e. The number of anilines is 1. The minimum absolute atomic E-state index is 0. The van der Waals surface area contributed by atoms with Crippen molar-refractivity contribution in [2.45, 2.75) is 12.8 Å². The van der Waals surface area contributed by atoms with E-state index in [1.54, 1.807) is 25.8 Å². The van der Waals surface area contributed by atoms with Crippen LogP contribution in [0.2, 0.25) is 0 Å². The summed E-state index contributed by atoms with van der Waals surface area (Å²) >= 11 is 0. The highest BCUT2D eigenvalue weighted by atomic mass is 127. The Morgan fingerprint density at radius 2 is 1.79 bits per heavy atom. The van der Waals surface area contributed by atoms with Gasteiger partial charge in [-0.1, -0.05) is 12.1 Å². The van der Waals surface area contributed by atoms with E-state index >= 15 is 0 Å². The van der Waals surface area contributed by atoms with E-state index in [-0.39, 0.29) is 24.0 Å². The van der Waals surface area contributed by atoms with Crippen LogP contribution in [0.1, 0.15) is 11.3 Å². The van der Waals surface area contributed by atoms with Crippen molar-refractivity contribution in [2.24, 2.45) is 4.99 Å². The molecule has 0 spiro atoms. The Morgan fingerprint density at radius 1 is 1.03 bits per heavy atom. The molecule has 33 heavy (non-hydrogen) atoms. The molecule has 1 fully saturated rings. The van der Waals surface area contributed by atoms with Crippen molar-refractivity contribution in [1.82, 2.24) is 20.2 Å². The molecule has 0 saturated carbocycles. The van der Waals surface area contributed by atoms with Crippen LogP contribution in [-0.2, 0) is 12.8 Å². The monoisotopic (exact) mass is 562 g/mol. The molecule has 176 valence electrons. The van der Waals surface area contributed by atoms with Gasteiger partial charge in [0.15, 0.2) is 5.96 Å². The van der Waals surface area contributed by atoms with Gasteiger partial charge in [-0.2, -0.15) is 0 Å². The highest BCUT2D eigenvalue weighted by Crippen LogP contribution is 2.12. The fraction of sp³-hybridized carbons (Fsp3) is 0.375. The van der Waals surface area contributed by atoms with E-state index in [9.17, 15) is 0 Å². The van der Waals surface area contributed by atoms with Gasteiger partial charge in [-0.15, -0.1) is 24.0 Å². The van der Waals surface area contributed by atoms with E-state index in [1.165, 1.54) is 5.56 Å². The van der Waals surface area contributed by atoms with Gasteiger partial charge in [0, 0.05) is 58.1 Å². The first kappa shape index (κ1) is 24.8. The second-order valence-electron chi connectivity index (χ2n) is 7.58. The molecule has 0 bridgehead atoms. The zero-order valence-corrected chi connectivity index (χ0v) is 21.2. The van der Waals surface area contributed by atoms with Crippen LogP contribution >= 0.6 is 24.0 Å². The number of guanidine groups is 1. The number of benzene rings is 1. The maximum absolute atomic E-state index is 5.45. The first-order valence-corrected chi connectivity index (χ1v) is 11.0. The summed E-state index contributed by atoms with van der Waals surface area (Å²) in [7, 11) is 1.69. The fourth-order valence-corrected chi connectivity index (χ4v) is 3.68. The summed E-state index contributed by atoms with van der Waals surface area (Å²) in [5, 5.41) is 3.57. The number of furan rings is 1. The lowest BCUT2D eigenvalue weighted by molar-refractivity contribution is 0.369. The molecular formula is C24H31IN6O2. The number of rotatable bonds is 8. The predicted octanol–water partition coefficient (Wildman–Crippen LogP) is 3.25. The number of halogens is 1. The van der Waals surface area contributed by atoms with Gasteiger partial charge in [-0.3, -0.25) is 4.99 Å². The minimum Gasteiger partial charge on any atom is -0.497 e. The van der Waals surface area contributed by atoms with Crippen LogP contribution in [0.3, 0.4) is 0 Å². The fourth-order valence-electron chi connectivity index (χ4n) is 3.68. The molecule has 8 nitrogen and oxygen atoms in total. The van der Waals surface area contributed by atoms with E-state index in [0.29, 0.717) is 6.54 Å².